The number of benzene rings is 1. The van der Waals surface area contributed by atoms with E-state index in [9.17, 15) is 24.6 Å². The van der Waals surface area contributed by atoms with Crippen LogP contribution in [0, 0.1) is 0 Å². The number of aromatic hydroxyl groups is 2. The van der Waals surface area contributed by atoms with Crippen molar-refractivity contribution < 1.29 is 29.3 Å². The predicted octanol–water partition coefficient (Wildman–Crippen LogP) is 1.38. The standard InChI is InChI=1S/C17H18N2O6S/c1-10(15(22)18-4-6-25-7-5-18)19-16(23)14(26-17(19)24)9-11-2-3-12(20)13(21)8-11/h2-3,8-10,20-21H,4-7H2,1H3/b14-9-. The lowest BCUT2D eigenvalue weighted by Gasteiger charge is -2.31. The van der Waals surface area contributed by atoms with Gasteiger partial charge in [-0.3, -0.25) is 19.3 Å². The highest BCUT2D eigenvalue weighted by Gasteiger charge is 2.42. The fourth-order valence-electron chi connectivity index (χ4n) is 2.75. The number of amides is 3. The second-order valence-corrected chi connectivity index (χ2v) is 6.91. The zero-order chi connectivity index (χ0) is 18.8. The molecule has 2 fully saturated rings. The minimum Gasteiger partial charge on any atom is -0.504 e. The monoisotopic (exact) mass is 378 g/mol. The van der Waals surface area contributed by atoms with Gasteiger partial charge in [0.1, 0.15) is 6.04 Å². The van der Waals surface area contributed by atoms with Crippen LogP contribution in [-0.2, 0) is 14.3 Å². The lowest BCUT2D eigenvalue weighted by molar-refractivity contribution is -0.143. The summed E-state index contributed by atoms with van der Waals surface area (Å²) in [5, 5.41) is 18.4. The molecule has 0 spiro atoms. The summed E-state index contributed by atoms with van der Waals surface area (Å²) in [6.07, 6.45) is 1.44. The maximum Gasteiger partial charge on any atom is 0.294 e. The van der Waals surface area contributed by atoms with Crippen molar-refractivity contribution in [2.24, 2.45) is 0 Å². The van der Waals surface area contributed by atoms with E-state index in [0.717, 1.165) is 16.7 Å². The molecule has 8 nitrogen and oxygen atoms in total. The predicted molar refractivity (Wildman–Crippen MR) is 94.4 cm³/mol. The second-order valence-electron chi connectivity index (χ2n) is 5.91. The summed E-state index contributed by atoms with van der Waals surface area (Å²) in [6, 6.07) is 3.17. The van der Waals surface area contributed by atoms with Gasteiger partial charge in [-0.25, -0.2) is 0 Å². The number of phenols is 2. The summed E-state index contributed by atoms with van der Waals surface area (Å²) in [5.41, 5.74) is 0.456. The average molecular weight is 378 g/mol. The minimum absolute atomic E-state index is 0.154. The first-order chi connectivity index (χ1) is 12.4. The van der Waals surface area contributed by atoms with E-state index < -0.39 is 17.2 Å². The molecule has 0 aliphatic carbocycles. The van der Waals surface area contributed by atoms with Gasteiger partial charge in [-0.05, 0) is 42.5 Å². The molecule has 0 bridgehead atoms. The normalized spacial score (nSPS) is 20.7. The van der Waals surface area contributed by atoms with E-state index in [0.29, 0.717) is 31.9 Å². The summed E-state index contributed by atoms with van der Waals surface area (Å²) in [6.45, 7) is 3.27. The highest BCUT2D eigenvalue weighted by molar-refractivity contribution is 8.18. The summed E-state index contributed by atoms with van der Waals surface area (Å²) in [5.74, 6) is -1.45. The molecule has 2 saturated heterocycles. The Balaban J connectivity index is 1.78. The molecule has 1 unspecified atom stereocenters. The second kappa shape index (κ2) is 7.38. The van der Waals surface area contributed by atoms with Gasteiger partial charge in [0.25, 0.3) is 11.1 Å². The molecule has 1 aromatic carbocycles. The highest BCUT2D eigenvalue weighted by Crippen LogP contribution is 2.35. The van der Waals surface area contributed by atoms with Gasteiger partial charge >= 0.3 is 0 Å². The maximum atomic E-state index is 12.6. The number of carbonyl (C=O) groups is 3. The number of imide groups is 1. The fourth-order valence-corrected chi connectivity index (χ4v) is 3.66. The van der Waals surface area contributed by atoms with Crippen LogP contribution >= 0.6 is 11.8 Å². The van der Waals surface area contributed by atoms with E-state index in [1.54, 1.807) is 4.90 Å². The molecule has 2 heterocycles. The van der Waals surface area contributed by atoms with Crippen LogP contribution in [0.2, 0.25) is 0 Å². The number of rotatable bonds is 3. The average Bonchev–Trinajstić information content (AvgIpc) is 2.91. The summed E-state index contributed by atoms with van der Waals surface area (Å²) >= 11 is 0.738. The molecule has 0 aromatic heterocycles. The van der Waals surface area contributed by atoms with Crippen molar-refractivity contribution in [1.82, 2.24) is 9.80 Å². The Hall–Kier alpha value is -2.52. The van der Waals surface area contributed by atoms with Crippen LogP contribution in [0.15, 0.2) is 23.1 Å². The van der Waals surface area contributed by atoms with Gasteiger partial charge in [-0.2, -0.15) is 0 Å². The van der Waals surface area contributed by atoms with Gasteiger partial charge in [0.05, 0.1) is 18.1 Å². The number of hydrogen-bond donors (Lipinski definition) is 2. The van der Waals surface area contributed by atoms with Gasteiger partial charge in [0.2, 0.25) is 5.91 Å². The number of phenolic OH excluding ortho intramolecular Hbond substituents is 2. The van der Waals surface area contributed by atoms with E-state index in [1.807, 2.05) is 0 Å². The van der Waals surface area contributed by atoms with Gasteiger partial charge in [-0.1, -0.05) is 6.07 Å². The number of thioether (sulfide) groups is 1. The smallest absolute Gasteiger partial charge is 0.294 e. The molecule has 1 aromatic rings. The van der Waals surface area contributed by atoms with Gasteiger partial charge in [-0.15, -0.1) is 0 Å². The third-order valence-corrected chi connectivity index (χ3v) is 5.07. The molecule has 9 heteroatoms. The molecular formula is C17H18N2O6S. The molecule has 138 valence electrons. The molecule has 2 aliphatic rings. The van der Waals surface area contributed by atoms with Crippen LogP contribution in [0.1, 0.15) is 12.5 Å². The maximum absolute atomic E-state index is 12.6. The molecule has 3 amide bonds. The number of hydrogen-bond acceptors (Lipinski definition) is 7. The number of ether oxygens (including phenoxy) is 1. The van der Waals surface area contributed by atoms with Crippen LogP contribution in [-0.4, -0.2) is 69.4 Å². The Labute approximate surface area is 154 Å². The van der Waals surface area contributed by atoms with Gasteiger partial charge < -0.3 is 19.8 Å². The Morgan fingerprint density at radius 3 is 2.58 bits per heavy atom. The quantitative estimate of drug-likeness (QED) is 0.604. The van der Waals surface area contributed by atoms with Crippen LogP contribution < -0.4 is 0 Å². The third kappa shape index (κ3) is 3.54. The van der Waals surface area contributed by atoms with E-state index in [1.165, 1.54) is 31.2 Å². The fraction of sp³-hybridized carbons (Fsp3) is 0.353. The molecule has 26 heavy (non-hydrogen) atoms. The Bertz CT molecular complexity index is 787. The minimum atomic E-state index is -0.903. The number of morpholine rings is 1. The van der Waals surface area contributed by atoms with Crippen molar-refractivity contribution in [3.8, 4) is 11.5 Å². The van der Waals surface area contributed by atoms with Crippen LogP contribution in [0.25, 0.3) is 6.08 Å². The highest BCUT2D eigenvalue weighted by atomic mass is 32.2. The molecule has 3 rings (SSSR count). The SMILES string of the molecule is CC(C(=O)N1CCOCC1)N1C(=O)S/C(=C\c2ccc(O)c(O)c2)C1=O. The zero-order valence-electron chi connectivity index (χ0n) is 14.0. The van der Waals surface area contributed by atoms with Gasteiger partial charge in [0.15, 0.2) is 11.5 Å². The van der Waals surface area contributed by atoms with E-state index in [4.69, 9.17) is 4.74 Å². The lowest BCUT2D eigenvalue weighted by Crippen LogP contribution is -2.51. The molecular weight excluding hydrogens is 360 g/mol. The Kier molecular flexibility index (Phi) is 5.19. The van der Waals surface area contributed by atoms with Crippen molar-refractivity contribution in [3.63, 3.8) is 0 Å². The first kappa shape index (κ1) is 18.3. The summed E-state index contributed by atoms with van der Waals surface area (Å²) < 4.78 is 5.21. The molecule has 2 aliphatic heterocycles. The van der Waals surface area contributed by atoms with Crippen LogP contribution in [0.5, 0.6) is 11.5 Å². The summed E-state index contributed by atoms with van der Waals surface area (Å²) in [7, 11) is 0. The van der Waals surface area contributed by atoms with Crippen LogP contribution in [0.3, 0.4) is 0 Å². The molecule has 2 N–H and O–H groups in total. The van der Waals surface area contributed by atoms with Crippen molar-refractivity contribution in [3.05, 3.63) is 28.7 Å². The topological polar surface area (TPSA) is 107 Å². The zero-order valence-corrected chi connectivity index (χ0v) is 14.9. The third-order valence-electron chi connectivity index (χ3n) is 4.19. The Morgan fingerprint density at radius 1 is 1.23 bits per heavy atom. The van der Waals surface area contributed by atoms with Crippen molar-refractivity contribution >= 4 is 34.9 Å². The first-order valence-electron chi connectivity index (χ1n) is 8.04. The number of carbonyl (C=O) groups excluding carboxylic acids is 3. The number of nitrogens with zero attached hydrogens (tertiary/aromatic N) is 2. The van der Waals surface area contributed by atoms with E-state index in [2.05, 4.69) is 0 Å². The van der Waals surface area contributed by atoms with Crippen molar-refractivity contribution in [1.29, 1.82) is 0 Å². The first-order valence-corrected chi connectivity index (χ1v) is 8.85. The lowest BCUT2D eigenvalue weighted by atomic mass is 10.1. The largest absolute Gasteiger partial charge is 0.504 e. The Morgan fingerprint density at radius 2 is 1.92 bits per heavy atom. The van der Waals surface area contributed by atoms with E-state index >= 15 is 0 Å². The van der Waals surface area contributed by atoms with Crippen LogP contribution in [0.4, 0.5) is 4.79 Å². The van der Waals surface area contributed by atoms with Crippen molar-refractivity contribution in [2.75, 3.05) is 26.3 Å². The molecule has 0 saturated carbocycles. The molecule has 1 atom stereocenters. The van der Waals surface area contributed by atoms with E-state index in [-0.39, 0.29) is 22.3 Å². The molecule has 0 radical (unpaired) electrons. The van der Waals surface area contributed by atoms with Crippen molar-refractivity contribution in [2.45, 2.75) is 13.0 Å². The van der Waals surface area contributed by atoms with Gasteiger partial charge in [0, 0.05) is 13.1 Å². The summed E-state index contributed by atoms with van der Waals surface area (Å²) in [4.78, 5) is 40.1.